The third-order valence-electron chi connectivity index (χ3n) is 2.80. The van der Waals surface area contributed by atoms with Gasteiger partial charge in [-0.1, -0.05) is 6.92 Å². The lowest BCUT2D eigenvalue weighted by Crippen LogP contribution is -2.40. The van der Waals surface area contributed by atoms with Gasteiger partial charge in [0, 0.05) is 35.9 Å². The first-order valence-electron chi connectivity index (χ1n) is 7.56. The summed E-state index contributed by atoms with van der Waals surface area (Å²) >= 11 is 1.80. The van der Waals surface area contributed by atoms with Crippen molar-refractivity contribution >= 4 is 17.4 Å². The lowest BCUT2D eigenvalue weighted by molar-refractivity contribution is 0.0252. The molecule has 0 aliphatic carbocycles. The highest BCUT2D eigenvalue weighted by Crippen LogP contribution is 2.14. The lowest BCUT2D eigenvalue weighted by atomic mass is 10.2. The first-order chi connectivity index (χ1) is 9.81. The molecule has 0 radical (unpaired) electrons. The number of nitrogens with one attached hydrogen (secondary N) is 1. The number of carbonyl (C=O) groups is 1. The summed E-state index contributed by atoms with van der Waals surface area (Å²) in [6.07, 6.45) is 0.710. The Labute approximate surface area is 132 Å². The Morgan fingerprint density at radius 1 is 1.33 bits per heavy atom. The van der Waals surface area contributed by atoms with Gasteiger partial charge in [0.15, 0.2) is 0 Å². The summed E-state index contributed by atoms with van der Waals surface area (Å²) in [5.74, 6) is 0. The van der Waals surface area contributed by atoms with Crippen LogP contribution in [-0.4, -0.2) is 36.2 Å². The fraction of sp³-hybridized carbons (Fsp3) is 0.688. The second kappa shape index (κ2) is 8.39. The summed E-state index contributed by atoms with van der Waals surface area (Å²) in [7, 11) is 0. The van der Waals surface area contributed by atoms with Crippen LogP contribution in [0, 0.1) is 6.92 Å². The standard InChI is InChI=1S/C16H28N2O2S/c1-6-10-18(15(19)20-16(3,4)5)11-9-17-12-14-8-7-13(2)21-14/h7-8,17H,6,9-12H2,1-5H3. The largest absolute Gasteiger partial charge is 0.444 e. The average Bonchev–Trinajstić information content (AvgIpc) is 2.77. The first kappa shape index (κ1) is 18.0. The van der Waals surface area contributed by atoms with Crippen LogP contribution in [0.15, 0.2) is 12.1 Å². The maximum Gasteiger partial charge on any atom is 0.410 e. The maximum atomic E-state index is 12.1. The quantitative estimate of drug-likeness (QED) is 0.779. The molecule has 1 amide bonds. The molecule has 4 nitrogen and oxygen atoms in total. The van der Waals surface area contributed by atoms with Crippen molar-refractivity contribution in [2.24, 2.45) is 0 Å². The van der Waals surface area contributed by atoms with Crippen LogP contribution < -0.4 is 5.32 Å². The van der Waals surface area contributed by atoms with Gasteiger partial charge in [-0.15, -0.1) is 11.3 Å². The smallest absolute Gasteiger partial charge is 0.410 e. The molecule has 21 heavy (non-hydrogen) atoms. The molecule has 0 atom stereocenters. The molecule has 0 unspecified atom stereocenters. The highest BCUT2D eigenvalue weighted by atomic mass is 32.1. The normalized spacial score (nSPS) is 11.5. The van der Waals surface area contributed by atoms with Gasteiger partial charge in [-0.05, 0) is 46.2 Å². The fourth-order valence-corrected chi connectivity index (χ4v) is 2.76. The number of rotatable bonds is 7. The van der Waals surface area contributed by atoms with Gasteiger partial charge in [0.2, 0.25) is 0 Å². The Morgan fingerprint density at radius 3 is 2.57 bits per heavy atom. The van der Waals surface area contributed by atoms with Crippen LogP contribution >= 0.6 is 11.3 Å². The van der Waals surface area contributed by atoms with Gasteiger partial charge in [-0.2, -0.15) is 0 Å². The van der Waals surface area contributed by atoms with Crippen LogP contribution in [0.2, 0.25) is 0 Å². The molecule has 5 heteroatoms. The zero-order chi connectivity index (χ0) is 15.9. The highest BCUT2D eigenvalue weighted by Gasteiger charge is 2.21. The van der Waals surface area contributed by atoms with E-state index in [0.717, 1.165) is 26.1 Å². The molecule has 1 N–H and O–H groups in total. The van der Waals surface area contributed by atoms with Crippen molar-refractivity contribution in [1.82, 2.24) is 10.2 Å². The zero-order valence-electron chi connectivity index (χ0n) is 13.9. The fourth-order valence-electron chi connectivity index (χ4n) is 1.90. The molecule has 0 aliphatic heterocycles. The van der Waals surface area contributed by atoms with Crippen molar-refractivity contribution in [2.75, 3.05) is 19.6 Å². The van der Waals surface area contributed by atoms with Crippen LogP contribution in [0.25, 0.3) is 0 Å². The van der Waals surface area contributed by atoms with Crippen molar-refractivity contribution in [2.45, 2.75) is 53.2 Å². The minimum absolute atomic E-state index is 0.224. The Hall–Kier alpha value is -1.07. The van der Waals surface area contributed by atoms with Crippen LogP contribution in [0.4, 0.5) is 4.79 Å². The van der Waals surface area contributed by atoms with Gasteiger partial charge in [0.1, 0.15) is 5.60 Å². The number of amides is 1. The van der Waals surface area contributed by atoms with Gasteiger partial charge in [-0.25, -0.2) is 4.79 Å². The Balaban J connectivity index is 2.35. The molecule has 1 heterocycles. The van der Waals surface area contributed by atoms with E-state index in [9.17, 15) is 4.79 Å². The van der Waals surface area contributed by atoms with E-state index in [1.165, 1.54) is 9.75 Å². The van der Waals surface area contributed by atoms with Crippen LogP contribution in [-0.2, 0) is 11.3 Å². The molecule has 1 aromatic heterocycles. The third kappa shape index (κ3) is 7.48. The predicted octanol–water partition coefficient (Wildman–Crippen LogP) is 3.79. The first-order valence-corrected chi connectivity index (χ1v) is 8.37. The zero-order valence-corrected chi connectivity index (χ0v) is 14.7. The molecule has 1 rings (SSSR count). The molecule has 0 aromatic carbocycles. The topological polar surface area (TPSA) is 41.6 Å². The molecule has 0 saturated heterocycles. The van der Waals surface area contributed by atoms with Crippen LogP contribution in [0.5, 0.6) is 0 Å². The van der Waals surface area contributed by atoms with Crippen molar-refractivity contribution in [3.63, 3.8) is 0 Å². The summed E-state index contributed by atoms with van der Waals surface area (Å²) in [6.45, 7) is 12.9. The second-order valence-corrected chi connectivity index (χ2v) is 7.53. The van der Waals surface area contributed by atoms with Crippen LogP contribution in [0.1, 0.15) is 43.9 Å². The summed E-state index contributed by atoms with van der Waals surface area (Å²) in [5, 5.41) is 3.38. The number of ether oxygens (including phenoxy) is 1. The van der Waals surface area contributed by atoms with Crippen molar-refractivity contribution < 1.29 is 9.53 Å². The van der Waals surface area contributed by atoms with E-state index in [0.29, 0.717) is 6.54 Å². The van der Waals surface area contributed by atoms with Crippen molar-refractivity contribution in [3.05, 3.63) is 21.9 Å². The molecule has 0 bridgehead atoms. The van der Waals surface area contributed by atoms with E-state index in [-0.39, 0.29) is 6.09 Å². The molecule has 0 fully saturated rings. The van der Waals surface area contributed by atoms with Crippen molar-refractivity contribution in [1.29, 1.82) is 0 Å². The number of nitrogens with zero attached hydrogens (tertiary/aromatic N) is 1. The molecular weight excluding hydrogens is 284 g/mol. The Bertz CT molecular complexity index is 438. The Morgan fingerprint density at radius 2 is 2.05 bits per heavy atom. The molecule has 0 saturated carbocycles. The molecular formula is C16H28N2O2S. The van der Waals surface area contributed by atoms with Gasteiger partial charge in [0.25, 0.3) is 0 Å². The van der Waals surface area contributed by atoms with E-state index in [1.54, 1.807) is 16.2 Å². The van der Waals surface area contributed by atoms with E-state index in [1.807, 2.05) is 20.8 Å². The highest BCUT2D eigenvalue weighted by molar-refractivity contribution is 7.11. The monoisotopic (exact) mass is 312 g/mol. The minimum atomic E-state index is -0.439. The maximum absolute atomic E-state index is 12.1. The van der Waals surface area contributed by atoms with E-state index in [4.69, 9.17) is 4.74 Å². The van der Waals surface area contributed by atoms with Crippen molar-refractivity contribution in [3.8, 4) is 0 Å². The van der Waals surface area contributed by atoms with Gasteiger partial charge in [-0.3, -0.25) is 0 Å². The minimum Gasteiger partial charge on any atom is -0.444 e. The summed E-state index contributed by atoms with van der Waals surface area (Å²) < 4.78 is 5.43. The number of hydrogen-bond acceptors (Lipinski definition) is 4. The summed E-state index contributed by atoms with van der Waals surface area (Å²) in [4.78, 5) is 16.5. The van der Waals surface area contributed by atoms with Crippen LogP contribution in [0.3, 0.4) is 0 Å². The average molecular weight is 312 g/mol. The molecule has 120 valence electrons. The molecule has 1 aromatic rings. The van der Waals surface area contributed by atoms with Gasteiger partial charge in [0.05, 0.1) is 0 Å². The lowest BCUT2D eigenvalue weighted by Gasteiger charge is -2.27. The van der Waals surface area contributed by atoms with E-state index in [2.05, 4.69) is 31.3 Å². The third-order valence-corrected chi connectivity index (χ3v) is 3.80. The SMILES string of the molecule is CCCN(CCNCc1ccc(C)s1)C(=O)OC(C)(C)C. The number of carbonyl (C=O) groups excluding carboxylic acids is 1. The molecule has 0 aliphatic rings. The summed E-state index contributed by atoms with van der Waals surface area (Å²) in [6, 6.07) is 4.27. The number of thiophene rings is 1. The second-order valence-electron chi connectivity index (χ2n) is 6.16. The number of aryl methyl sites for hydroxylation is 1. The van der Waals surface area contributed by atoms with Gasteiger partial charge < -0.3 is 15.0 Å². The summed E-state index contributed by atoms with van der Waals surface area (Å²) in [5.41, 5.74) is -0.439. The Kier molecular flexibility index (Phi) is 7.18. The van der Waals surface area contributed by atoms with Gasteiger partial charge >= 0.3 is 6.09 Å². The van der Waals surface area contributed by atoms with E-state index < -0.39 is 5.60 Å². The molecule has 0 spiro atoms. The van der Waals surface area contributed by atoms with E-state index >= 15 is 0 Å². The number of hydrogen-bond donors (Lipinski definition) is 1. The predicted molar refractivity (Wildman–Crippen MR) is 88.9 cm³/mol.